The highest BCUT2D eigenvalue weighted by Crippen LogP contribution is 2.28. The van der Waals surface area contributed by atoms with Crippen LogP contribution < -0.4 is 5.73 Å². The third kappa shape index (κ3) is 1.65. The molecule has 0 radical (unpaired) electrons. The van der Waals surface area contributed by atoms with Gasteiger partial charge in [-0.25, -0.2) is 9.97 Å². The quantitative estimate of drug-likeness (QED) is 0.806. The Balaban J connectivity index is 2.17. The second-order valence-electron chi connectivity index (χ2n) is 4.40. The molecule has 2 N–H and O–H groups in total. The summed E-state index contributed by atoms with van der Waals surface area (Å²) in [6, 6.07) is 1.96. The van der Waals surface area contributed by atoms with Crippen molar-refractivity contribution in [3.63, 3.8) is 0 Å². The molecule has 1 aliphatic carbocycles. The molecule has 0 aromatic carbocycles. The van der Waals surface area contributed by atoms with Crippen LogP contribution in [0.3, 0.4) is 0 Å². The smallest absolute Gasteiger partial charge is 0.163 e. The molecular formula is C13H14N4. The van der Waals surface area contributed by atoms with Crippen molar-refractivity contribution in [3.05, 3.63) is 35.3 Å². The SMILES string of the molecule is Cc1ccncc1-c1nc(N)c2c(n1)CCC2. The molecule has 0 saturated carbocycles. The Bertz CT molecular complexity index is 578. The first kappa shape index (κ1) is 10.2. The number of nitrogens with two attached hydrogens (primary N) is 1. The third-order valence-electron chi connectivity index (χ3n) is 3.25. The zero-order valence-electron chi connectivity index (χ0n) is 9.77. The number of hydrogen-bond acceptors (Lipinski definition) is 4. The van der Waals surface area contributed by atoms with Gasteiger partial charge in [0.15, 0.2) is 5.82 Å². The van der Waals surface area contributed by atoms with Gasteiger partial charge in [-0.3, -0.25) is 4.98 Å². The van der Waals surface area contributed by atoms with Gasteiger partial charge in [0.25, 0.3) is 0 Å². The van der Waals surface area contributed by atoms with Crippen molar-refractivity contribution in [2.45, 2.75) is 26.2 Å². The zero-order valence-corrected chi connectivity index (χ0v) is 9.77. The lowest BCUT2D eigenvalue weighted by Gasteiger charge is -2.08. The summed E-state index contributed by atoms with van der Waals surface area (Å²) in [5.41, 5.74) is 10.3. The van der Waals surface area contributed by atoms with Crippen molar-refractivity contribution in [3.8, 4) is 11.4 Å². The summed E-state index contributed by atoms with van der Waals surface area (Å²) in [5.74, 6) is 1.33. The molecule has 2 aromatic rings. The number of pyridine rings is 1. The lowest BCUT2D eigenvalue weighted by Crippen LogP contribution is -2.03. The van der Waals surface area contributed by atoms with E-state index in [0.29, 0.717) is 11.6 Å². The number of nitrogens with zero attached hydrogens (tertiary/aromatic N) is 3. The lowest BCUT2D eigenvalue weighted by molar-refractivity contribution is 0.900. The van der Waals surface area contributed by atoms with Gasteiger partial charge in [-0.15, -0.1) is 0 Å². The number of nitrogen functional groups attached to an aromatic ring is 1. The van der Waals surface area contributed by atoms with Gasteiger partial charge in [-0.1, -0.05) is 0 Å². The van der Waals surface area contributed by atoms with Crippen LogP contribution in [0.1, 0.15) is 23.2 Å². The topological polar surface area (TPSA) is 64.7 Å². The molecule has 0 amide bonds. The summed E-state index contributed by atoms with van der Waals surface area (Å²) in [7, 11) is 0. The molecule has 0 bridgehead atoms. The van der Waals surface area contributed by atoms with Gasteiger partial charge in [0.05, 0.1) is 0 Å². The maximum absolute atomic E-state index is 5.99. The van der Waals surface area contributed by atoms with Crippen molar-refractivity contribution < 1.29 is 0 Å². The number of fused-ring (bicyclic) bond motifs is 1. The Morgan fingerprint density at radius 3 is 2.94 bits per heavy atom. The molecule has 0 unspecified atom stereocenters. The fourth-order valence-corrected chi connectivity index (χ4v) is 2.28. The summed E-state index contributed by atoms with van der Waals surface area (Å²) < 4.78 is 0. The first-order valence-electron chi connectivity index (χ1n) is 5.82. The van der Waals surface area contributed by atoms with Crippen molar-refractivity contribution in [2.75, 3.05) is 5.73 Å². The Labute approximate surface area is 99.9 Å². The van der Waals surface area contributed by atoms with Gasteiger partial charge >= 0.3 is 0 Å². The minimum Gasteiger partial charge on any atom is -0.383 e. The van der Waals surface area contributed by atoms with Gasteiger partial charge < -0.3 is 5.73 Å². The predicted octanol–water partition coefficient (Wildman–Crippen LogP) is 1.92. The first-order valence-corrected chi connectivity index (χ1v) is 5.82. The molecule has 86 valence electrons. The molecule has 0 fully saturated rings. The van der Waals surface area contributed by atoms with Gasteiger partial charge in [-0.05, 0) is 37.8 Å². The largest absolute Gasteiger partial charge is 0.383 e. The molecule has 3 rings (SSSR count). The van der Waals surface area contributed by atoms with E-state index in [1.54, 1.807) is 12.4 Å². The summed E-state index contributed by atoms with van der Waals surface area (Å²) >= 11 is 0. The van der Waals surface area contributed by atoms with Crippen molar-refractivity contribution >= 4 is 5.82 Å². The predicted molar refractivity (Wildman–Crippen MR) is 66.4 cm³/mol. The van der Waals surface area contributed by atoms with E-state index in [2.05, 4.69) is 15.0 Å². The standard InChI is InChI=1S/C13H14N4/c1-8-5-6-15-7-10(8)13-16-11-4-2-3-9(11)12(14)17-13/h5-7H,2-4H2,1H3,(H2,14,16,17). The Hall–Kier alpha value is -1.97. The normalized spacial score (nSPS) is 13.7. The van der Waals surface area contributed by atoms with E-state index in [-0.39, 0.29) is 0 Å². The maximum atomic E-state index is 5.99. The minimum atomic E-state index is 0.630. The van der Waals surface area contributed by atoms with Crippen LogP contribution in [-0.2, 0) is 12.8 Å². The van der Waals surface area contributed by atoms with Crippen LogP contribution in [0.5, 0.6) is 0 Å². The molecule has 0 atom stereocenters. The number of aromatic nitrogens is 3. The van der Waals surface area contributed by atoms with Crippen molar-refractivity contribution in [1.29, 1.82) is 0 Å². The van der Waals surface area contributed by atoms with Crippen LogP contribution in [0.4, 0.5) is 5.82 Å². The lowest BCUT2D eigenvalue weighted by atomic mass is 10.1. The van der Waals surface area contributed by atoms with Crippen molar-refractivity contribution in [2.24, 2.45) is 0 Å². The van der Waals surface area contributed by atoms with Crippen LogP contribution in [0.2, 0.25) is 0 Å². The molecular weight excluding hydrogens is 212 g/mol. The van der Waals surface area contributed by atoms with Crippen LogP contribution in [0, 0.1) is 6.92 Å². The molecule has 1 aliphatic rings. The Kier molecular flexibility index (Phi) is 2.28. The van der Waals surface area contributed by atoms with Gasteiger partial charge in [0.1, 0.15) is 5.82 Å². The molecule has 0 saturated heterocycles. The zero-order chi connectivity index (χ0) is 11.8. The number of hydrogen-bond donors (Lipinski definition) is 1. The molecule has 2 aromatic heterocycles. The van der Waals surface area contributed by atoms with Crippen LogP contribution >= 0.6 is 0 Å². The van der Waals surface area contributed by atoms with E-state index in [1.807, 2.05) is 13.0 Å². The Morgan fingerprint density at radius 1 is 1.24 bits per heavy atom. The van der Waals surface area contributed by atoms with Gasteiger partial charge in [0.2, 0.25) is 0 Å². The monoisotopic (exact) mass is 226 g/mol. The highest BCUT2D eigenvalue weighted by molar-refractivity contribution is 5.61. The molecule has 0 aliphatic heterocycles. The highest BCUT2D eigenvalue weighted by atomic mass is 15.0. The molecule has 2 heterocycles. The van der Waals surface area contributed by atoms with E-state index >= 15 is 0 Å². The molecule has 17 heavy (non-hydrogen) atoms. The number of aryl methyl sites for hydroxylation is 2. The third-order valence-corrected chi connectivity index (χ3v) is 3.25. The molecule has 4 nitrogen and oxygen atoms in total. The second-order valence-corrected chi connectivity index (χ2v) is 4.40. The second kappa shape index (κ2) is 3.80. The van der Waals surface area contributed by atoms with E-state index in [0.717, 1.165) is 41.6 Å². The summed E-state index contributed by atoms with van der Waals surface area (Å²) in [6.45, 7) is 2.03. The minimum absolute atomic E-state index is 0.630. The first-order chi connectivity index (χ1) is 8.25. The van der Waals surface area contributed by atoms with Crippen LogP contribution in [0.15, 0.2) is 18.5 Å². The van der Waals surface area contributed by atoms with E-state index in [1.165, 1.54) is 0 Å². The summed E-state index contributed by atoms with van der Waals surface area (Å²) in [4.78, 5) is 13.1. The van der Waals surface area contributed by atoms with Gasteiger partial charge in [-0.2, -0.15) is 0 Å². The van der Waals surface area contributed by atoms with Gasteiger partial charge in [0, 0.05) is 29.2 Å². The van der Waals surface area contributed by atoms with Crippen LogP contribution in [-0.4, -0.2) is 15.0 Å². The summed E-state index contributed by atoms with van der Waals surface area (Å²) in [6.07, 6.45) is 6.71. The number of rotatable bonds is 1. The Morgan fingerprint density at radius 2 is 2.12 bits per heavy atom. The van der Waals surface area contributed by atoms with Crippen LogP contribution in [0.25, 0.3) is 11.4 Å². The fraction of sp³-hybridized carbons (Fsp3) is 0.308. The number of anilines is 1. The van der Waals surface area contributed by atoms with E-state index < -0.39 is 0 Å². The average Bonchev–Trinajstić information content (AvgIpc) is 2.78. The van der Waals surface area contributed by atoms with E-state index in [9.17, 15) is 0 Å². The maximum Gasteiger partial charge on any atom is 0.163 e. The fourth-order valence-electron chi connectivity index (χ4n) is 2.28. The average molecular weight is 226 g/mol. The molecule has 0 spiro atoms. The van der Waals surface area contributed by atoms with E-state index in [4.69, 9.17) is 5.73 Å². The summed E-state index contributed by atoms with van der Waals surface area (Å²) in [5, 5.41) is 0. The van der Waals surface area contributed by atoms with Crippen molar-refractivity contribution in [1.82, 2.24) is 15.0 Å². The molecule has 4 heteroatoms. The highest BCUT2D eigenvalue weighted by Gasteiger charge is 2.18.